The molecule has 0 radical (unpaired) electrons. The van der Waals surface area contributed by atoms with Crippen molar-refractivity contribution in [2.24, 2.45) is 5.73 Å². The number of benzene rings is 2. The van der Waals surface area contributed by atoms with Crippen molar-refractivity contribution in [2.45, 2.75) is 25.8 Å². The van der Waals surface area contributed by atoms with Gasteiger partial charge in [-0.3, -0.25) is 0 Å². The zero-order chi connectivity index (χ0) is 13.0. The quantitative estimate of drug-likeness (QED) is 0.871. The van der Waals surface area contributed by atoms with Crippen molar-refractivity contribution in [2.75, 3.05) is 0 Å². The molecule has 1 atom stereocenters. The SMILES string of the molecule is CCc1ccc(C(N)Cc2cccc(F)c2)cc1. The summed E-state index contributed by atoms with van der Waals surface area (Å²) in [4.78, 5) is 0. The summed E-state index contributed by atoms with van der Waals surface area (Å²) in [5, 5.41) is 0. The van der Waals surface area contributed by atoms with Crippen molar-refractivity contribution >= 4 is 0 Å². The van der Waals surface area contributed by atoms with Crippen molar-refractivity contribution in [1.82, 2.24) is 0 Å². The van der Waals surface area contributed by atoms with Gasteiger partial charge in [-0.15, -0.1) is 0 Å². The van der Waals surface area contributed by atoms with Crippen LogP contribution in [0.15, 0.2) is 48.5 Å². The van der Waals surface area contributed by atoms with Gasteiger partial charge < -0.3 is 5.73 Å². The van der Waals surface area contributed by atoms with Gasteiger partial charge in [0.15, 0.2) is 0 Å². The van der Waals surface area contributed by atoms with E-state index >= 15 is 0 Å². The van der Waals surface area contributed by atoms with Crippen molar-refractivity contribution in [3.05, 3.63) is 71.0 Å². The standard InChI is InChI=1S/C16H18FN/c1-2-12-6-8-14(9-7-12)16(18)11-13-4-3-5-15(17)10-13/h3-10,16H,2,11,18H2,1H3. The second-order valence-electron chi connectivity index (χ2n) is 4.54. The third kappa shape index (κ3) is 3.17. The molecule has 2 rings (SSSR count). The van der Waals surface area contributed by atoms with Gasteiger partial charge in [0.05, 0.1) is 0 Å². The fraction of sp³-hybridized carbons (Fsp3) is 0.250. The van der Waals surface area contributed by atoms with Gasteiger partial charge in [0.1, 0.15) is 5.82 Å². The Morgan fingerprint density at radius 3 is 2.39 bits per heavy atom. The molecule has 1 unspecified atom stereocenters. The molecule has 0 saturated carbocycles. The molecule has 0 aliphatic rings. The molecule has 0 heterocycles. The van der Waals surface area contributed by atoms with Crippen LogP contribution in [0, 0.1) is 5.82 Å². The largest absolute Gasteiger partial charge is 0.324 e. The first kappa shape index (κ1) is 12.8. The van der Waals surface area contributed by atoms with Crippen molar-refractivity contribution < 1.29 is 4.39 Å². The van der Waals surface area contributed by atoms with Crippen LogP contribution in [0.3, 0.4) is 0 Å². The van der Waals surface area contributed by atoms with Crippen LogP contribution < -0.4 is 5.73 Å². The molecule has 2 N–H and O–H groups in total. The van der Waals surface area contributed by atoms with Crippen LogP contribution in [0.1, 0.15) is 29.7 Å². The first-order valence-electron chi connectivity index (χ1n) is 6.28. The van der Waals surface area contributed by atoms with Crippen molar-refractivity contribution in [1.29, 1.82) is 0 Å². The van der Waals surface area contributed by atoms with Gasteiger partial charge in [0.25, 0.3) is 0 Å². The Bertz CT molecular complexity index is 505. The van der Waals surface area contributed by atoms with Crippen molar-refractivity contribution in [3.63, 3.8) is 0 Å². The Morgan fingerprint density at radius 2 is 1.78 bits per heavy atom. The Hall–Kier alpha value is -1.67. The summed E-state index contributed by atoms with van der Waals surface area (Å²) in [5.74, 6) is -0.207. The lowest BCUT2D eigenvalue weighted by atomic mass is 9.98. The highest BCUT2D eigenvalue weighted by Gasteiger charge is 2.07. The molecule has 2 aromatic carbocycles. The molecule has 0 aliphatic heterocycles. The molecule has 18 heavy (non-hydrogen) atoms. The minimum absolute atomic E-state index is 0.0855. The minimum atomic E-state index is -0.207. The van der Waals surface area contributed by atoms with Crippen LogP contribution in [-0.2, 0) is 12.8 Å². The summed E-state index contributed by atoms with van der Waals surface area (Å²) >= 11 is 0. The summed E-state index contributed by atoms with van der Waals surface area (Å²) in [6, 6.07) is 14.8. The normalized spacial score (nSPS) is 12.4. The van der Waals surface area contributed by atoms with Crippen LogP contribution in [0.2, 0.25) is 0 Å². The van der Waals surface area contributed by atoms with E-state index < -0.39 is 0 Å². The molecule has 0 spiro atoms. The van der Waals surface area contributed by atoms with Crippen LogP contribution in [0.4, 0.5) is 4.39 Å². The zero-order valence-corrected chi connectivity index (χ0v) is 10.6. The first-order valence-corrected chi connectivity index (χ1v) is 6.28. The van der Waals surface area contributed by atoms with Gasteiger partial charge in [-0.05, 0) is 41.7 Å². The molecule has 0 aromatic heterocycles. The van der Waals surface area contributed by atoms with E-state index in [0.717, 1.165) is 17.5 Å². The van der Waals surface area contributed by atoms with Crippen molar-refractivity contribution in [3.8, 4) is 0 Å². The number of rotatable bonds is 4. The molecule has 94 valence electrons. The van der Waals surface area contributed by atoms with Gasteiger partial charge in [-0.2, -0.15) is 0 Å². The van der Waals surface area contributed by atoms with E-state index in [0.29, 0.717) is 6.42 Å². The molecule has 2 heteroatoms. The third-order valence-electron chi connectivity index (χ3n) is 3.16. The fourth-order valence-corrected chi connectivity index (χ4v) is 2.04. The summed E-state index contributed by atoms with van der Waals surface area (Å²) in [6.07, 6.45) is 1.68. The Balaban J connectivity index is 2.09. The number of hydrogen-bond donors (Lipinski definition) is 1. The van der Waals surface area contributed by atoms with Gasteiger partial charge in [0.2, 0.25) is 0 Å². The van der Waals surface area contributed by atoms with Gasteiger partial charge in [0, 0.05) is 6.04 Å². The molecule has 0 fully saturated rings. The molecule has 0 amide bonds. The highest BCUT2D eigenvalue weighted by atomic mass is 19.1. The predicted octanol–water partition coefficient (Wildman–Crippen LogP) is 3.63. The number of nitrogens with two attached hydrogens (primary N) is 1. The van der Waals surface area contributed by atoms with E-state index in [9.17, 15) is 4.39 Å². The molecule has 0 aliphatic carbocycles. The number of halogens is 1. The highest BCUT2D eigenvalue weighted by molar-refractivity contribution is 5.27. The molecular formula is C16H18FN. The van der Waals surface area contributed by atoms with Crippen LogP contribution in [0.25, 0.3) is 0 Å². The molecule has 2 aromatic rings. The van der Waals surface area contributed by atoms with Crippen LogP contribution in [-0.4, -0.2) is 0 Å². The van der Waals surface area contributed by atoms with Crippen LogP contribution in [0.5, 0.6) is 0 Å². The van der Waals surface area contributed by atoms with Gasteiger partial charge in [-0.1, -0.05) is 43.3 Å². The fourth-order valence-electron chi connectivity index (χ4n) is 2.04. The maximum absolute atomic E-state index is 13.1. The molecule has 1 nitrogen and oxygen atoms in total. The van der Waals surface area contributed by atoms with Crippen LogP contribution >= 0.6 is 0 Å². The van der Waals surface area contributed by atoms with Gasteiger partial charge >= 0.3 is 0 Å². The van der Waals surface area contributed by atoms with E-state index in [1.807, 2.05) is 6.07 Å². The predicted molar refractivity (Wildman–Crippen MR) is 72.9 cm³/mol. The molecule has 0 saturated heterocycles. The van der Waals surface area contributed by atoms with E-state index in [1.165, 1.54) is 11.6 Å². The first-order chi connectivity index (χ1) is 8.69. The third-order valence-corrected chi connectivity index (χ3v) is 3.16. The van der Waals surface area contributed by atoms with E-state index in [-0.39, 0.29) is 11.9 Å². The lowest BCUT2D eigenvalue weighted by molar-refractivity contribution is 0.622. The highest BCUT2D eigenvalue weighted by Crippen LogP contribution is 2.17. The zero-order valence-electron chi connectivity index (χ0n) is 10.6. The Labute approximate surface area is 107 Å². The maximum atomic E-state index is 13.1. The minimum Gasteiger partial charge on any atom is -0.324 e. The van der Waals surface area contributed by atoms with E-state index in [1.54, 1.807) is 12.1 Å². The summed E-state index contributed by atoms with van der Waals surface area (Å²) in [5.41, 5.74) is 9.48. The molecule has 0 bridgehead atoms. The smallest absolute Gasteiger partial charge is 0.123 e. The summed E-state index contributed by atoms with van der Waals surface area (Å²) in [7, 11) is 0. The maximum Gasteiger partial charge on any atom is 0.123 e. The Morgan fingerprint density at radius 1 is 1.06 bits per heavy atom. The summed E-state index contributed by atoms with van der Waals surface area (Å²) < 4.78 is 13.1. The second kappa shape index (κ2) is 5.78. The monoisotopic (exact) mass is 243 g/mol. The molecular weight excluding hydrogens is 225 g/mol. The number of aryl methyl sites for hydroxylation is 1. The summed E-state index contributed by atoms with van der Waals surface area (Å²) in [6.45, 7) is 2.13. The van der Waals surface area contributed by atoms with E-state index in [4.69, 9.17) is 5.73 Å². The lowest BCUT2D eigenvalue weighted by Gasteiger charge is -2.12. The van der Waals surface area contributed by atoms with Gasteiger partial charge in [-0.25, -0.2) is 4.39 Å². The lowest BCUT2D eigenvalue weighted by Crippen LogP contribution is -2.13. The second-order valence-corrected chi connectivity index (χ2v) is 4.54. The average Bonchev–Trinajstić information content (AvgIpc) is 2.39. The average molecular weight is 243 g/mol. The topological polar surface area (TPSA) is 26.0 Å². The Kier molecular flexibility index (Phi) is 4.11. The number of hydrogen-bond acceptors (Lipinski definition) is 1. The van der Waals surface area contributed by atoms with E-state index in [2.05, 4.69) is 31.2 Å².